The average molecular weight is 462 g/mol. The molecule has 2 aromatic rings. The minimum atomic E-state index is -3.79. The minimum Gasteiger partial charge on any atom is -0.372 e. The molecule has 2 aromatic carbocycles. The summed E-state index contributed by atoms with van der Waals surface area (Å²) in [6.07, 6.45) is 6.03. The Labute approximate surface area is 189 Å². The molecule has 1 aliphatic rings. The zero-order valence-electron chi connectivity index (χ0n) is 18.1. The maximum absolute atomic E-state index is 12.9. The molecule has 3 rings (SSSR count). The zero-order valence-corrected chi connectivity index (χ0v) is 19.8. The van der Waals surface area contributed by atoms with Gasteiger partial charge in [-0.3, -0.25) is 4.79 Å². The Bertz CT molecular complexity index is 955. The first-order valence-corrected chi connectivity index (χ1v) is 13.5. The first-order valence-electron chi connectivity index (χ1n) is 10.6. The molecule has 0 bridgehead atoms. The number of amides is 1. The Morgan fingerprint density at radius 2 is 1.68 bits per heavy atom. The third-order valence-corrected chi connectivity index (χ3v) is 7.54. The van der Waals surface area contributed by atoms with E-state index in [1.165, 1.54) is 19.3 Å². The van der Waals surface area contributed by atoms with Gasteiger partial charge in [-0.05, 0) is 81.0 Å². The number of nitrogens with zero attached hydrogens (tertiary/aromatic N) is 1. The number of sulfonamides is 1. The normalized spacial score (nSPS) is 15.5. The second-order valence-electron chi connectivity index (χ2n) is 7.85. The lowest BCUT2D eigenvalue weighted by Gasteiger charge is -2.29. The molecule has 8 heteroatoms. The van der Waals surface area contributed by atoms with Crippen molar-refractivity contribution in [3.63, 3.8) is 0 Å². The van der Waals surface area contributed by atoms with Crippen LogP contribution in [0.15, 0.2) is 53.4 Å². The summed E-state index contributed by atoms with van der Waals surface area (Å²) in [5.74, 6) is 0.318. The predicted octanol–water partition coefficient (Wildman–Crippen LogP) is 4.02. The molecular formula is C23H31N3O3S2. The molecule has 0 aromatic heterocycles. The van der Waals surface area contributed by atoms with E-state index < -0.39 is 16.1 Å². The van der Waals surface area contributed by atoms with Gasteiger partial charge in [-0.15, -0.1) is 0 Å². The van der Waals surface area contributed by atoms with E-state index in [0.29, 0.717) is 17.9 Å². The lowest BCUT2D eigenvalue weighted by Crippen LogP contribution is -2.44. The maximum atomic E-state index is 12.9. The summed E-state index contributed by atoms with van der Waals surface area (Å²) < 4.78 is 28.2. The predicted molar refractivity (Wildman–Crippen MR) is 129 cm³/mol. The van der Waals surface area contributed by atoms with Crippen molar-refractivity contribution in [2.45, 2.75) is 43.5 Å². The molecule has 1 heterocycles. The number of hydrogen-bond donors (Lipinski definition) is 2. The number of carbonyl (C=O) groups is 1. The zero-order chi connectivity index (χ0) is 22.3. The molecule has 0 radical (unpaired) electrons. The lowest BCUT2D eigenvalue weighted by molar-refractivity contribution is -0.117. The monoisotopic (exact) mass is 461 g/mol. The molecule has 2 N–H and O–H groups in total. The number of aryl methyl sites for hydroxylation is 1. The van der Waals surface area contributed by atoms with Crippen LogP contribution in [0.3, 0.4) is 0 Å². The number of hydrogen-bond acceptors (Lipinski definition) is 5. The van der Waals surface area contributed by atoms with Crippen LogP contribution in [0.5, 0.6) is 0 Å². The first kappa shape index (κ1) is 23.6. The van der Waals surface area contributed by atoms with Crippen LogP contribution in [-0.4, -0.2) is 45.5 Å². The molecule has 0 aliphatic carbocycles. The summed E-state index contributed by atoms with van der Waals surface area (Å²) in [5.41, 5.74) is 2.79. The summed E-state index contributed by atoms with van der Waals surface area (Å²) in [7, 11) is -3.79. The first-order chi connectivity index (χ1) is 14.9. The molecule has 0 saturated carbocycles. The highest BCUT2D eigenvalue weighted by Crippen LogP contribution is 2.22. The van der Waals surface area contributed by atoms with Gasteiger partial charge in [-0.2, -0.15) is 16.5 Å². The fourth-order valence-electron chi connectivity index (χ4n) is 3.59. The summed E-state index contributed by atoms with van der Waals surface area (Å²) in [4.78, 5) is 15.4. The van der Waals surface area contributed by atoms with E-state index in [2.05, 4.69) is 14.9 Å². The van der Waals surface area contributed by atoms with Gasteiger partial charge < -0.3 is 10.2 Å². The largest absolute Gasteiger partial charge is 0.372 e. The average Bonchev–Trinajstić information content (AvgIpc) is 2.78. The summed E-state index contributed by atoms with van der Waals surface area (Å²) in [5, 5.41) is 2.87. The Morgan fingerprint density at radius 1 is 1.03 bits per heavy atom. The fraction of sp³-hybridized carbons (Fsp3) is 0.435. The van der Waals surface area contributed by atoms with Gasteiger partial charge in [-0.25, -0.2) is 8.42 Å². The molecule has 1 amide bonds. The number of piperidine rings is 1. The van der Waals surface area contributed by atoms with Crippen molar-refractivity contribution in [2.75, 3.05) is 35.3 Å². The molecule has 1 aliphatic heterocycles. The molecule has 1 fully saturated rings. The van der Waals surface area contributed by atoms with Crippen molar-refractivity contribution < 1.29 is 13.2 Å². The summed E-state index contributed by atoms with van der Waals surface area (Å²) in [6.45, 7) is 4.02. The number of carbonyl (C=O) groups excluding carboxylic acids is 1. The van der Waals surface area contributed by atoms with Gasteiger partial charge in [-0.1, -0.05) is 17.7 Å². The highest BCUT2D eigenvalue weighted by atomic mass is 32.2. The summed E-state index contributed by atoms with van der Waals surface area (Å²) in [6, 6.07) is 13.5. The van der Waals surface area contributed by atoms with E-state index >= 15 is 0 Å². The second-order valence-corrected chi connectivity index (χ2v) is 10.6. The number of rotatable bonds is 9. The molecule has 31 heavy (non-hydrogen) atoms. The van der Waals surface area contributed by atoms with E-state index in [4.69, 9.17) is 0 Å². The molecule has 168 valence electrons. The summed E-state index contributed by atoms with van der Waals surface area (Å²) >= 11 is 1.57. The van der Waals surface area contributed by atoms with Crippen LogP contribution in [0.25, 0.3) is 0 Å². The third kappa shape index (κ3) is 6.72. The van der Waals surface area contributed by atoms with Gasteiger partial charge in [0.1, 0.15) is 6.04 Å². The van der Waals surface area contributed by atoms with Crippen LogP contribution in [0, 0.1) is 6.92 Å². The number of thioether (sulfide) groups is 1. The third-order valence-electron chi connectivity index (χ3n) is 5.41. The molecule has 6 nitrogen and oxygen atoms in total. The van der Waals surface area contributed by atoms with Crippen LogP contribution in [0.1, 0.15) is 31.2 Å². The Balaban J connectivity index is 1.68. The van der Waals surface area contributed by atoms with Crippen LogP contribution in [0.4, 0.5) is 11.4 Å². The van der Waals surface area contributed by atoms with Crippen LogP contribution in [-0.2, 0) is 14.8 Å². The Morgan fingerprint density at radius 3 is 2.29 bits per heavy atom. The van der Waals surface area contributed by atoms with Crippen molar-refractivity contribution in [3.05, 3.63) is 54.1 Å². The van der Waals surface area contributed by atoms with E-state index in [-0.39, 0.29) is 10.8 Å². The van der Waals surface area contributed by atoms with Crippen LogP contribution >= 0.6 is 11.8 Å². The van der Waals surface area contributed by atoms with Gasteiger partial charge in [0, 0.05) is 24.5 Å². The molecular weight excluding hydrogens is 430 g/mol. The van der Waals surface area contributed by atoms with Crippen molar-refractivity contribution >= 4 is 39.1 Å². The van der Waals surface area contributed by atoms with E-state index in [1.807, 2.05) is 37.4 Å². The quantitative estimate of drug-likeness (QED) is 0.590. The van der Waals surface area contributed by atoms with Gasteiger partial charge >= 0.3 is 0 Å². The fourth-order valence-corrected chi connectivity index (χ4v) is 5.29. The molecule has 1 saturated heterocycles. The SMILES string of the molecule is CSCCC(NS(=O)(=O)c1ccc(C)cc1)C(=O)Nc1ccc(N2CCCCC2)cc1. The number of nitrogens with one attached hydrogen (secondary N) is 2. The van der Waals surface area contributed by atoms with Crippen LogP contribution < -0.4 is 14.9 Å². The smallest absolute Gasteiger partial charge is 0.242 e. The molecule has 1 unspecified atom stereocenters. The van der Waals surface area contributed by atoms with Gasteiger partial charge in [0.05, 0.1) is 4.90 Å². The molecule has 0 spiro atoms. The van der Waals surface area contributed by atoms with E-state index in [9.17, 15) is 13.2 Å². The Kier molecular flexibility index (Phi) is 8.40. The van der Waals surface area contributed by atoms with Crippen LogP contribution in [0.2, 0.25) is 0 Å². The Hall–Kier alpha value is -2.03. The molecule has 1 atom stereocenters. The van der Waals surface area contributed by atoms with E-state index in [0.717, 1.165) is 24.3 Å². The standard InChI is InChI=1S/C23H31N3O3S2/c1-18-6-12-21(13-7-18)31(28,29)25-22(14-17-30-2)23(27)24-19-8-10-20(11-9-19)26-15-4-3-5-16-26/h6-13,22,25H,3-5,14-17H2,1-2H3,(H,24,27). The van der Waals surface area contributed by atoms with Gasteiger partial charge in [0.25, 0.3) is 0 Å². The number of anilines is 2. The van der Waals surface area contributed by atoms with Gasteiger partial charge in [0.15, 0.2) is 0 Å². The van der Waals surface area contributed by atoms with Crippen molar-refractivity contribution in [3.8, 4) is 0 Å². The topological polar surface area (TPSA) is 78.5 Å². The highest BCUT2D eigenvalue weighted by Gasteiger charge is 2.25. The highest BCUT2D eigenvalue weighted by molar-refractivity contribution is 7.98. The maximum Gasteiger partial charge on any atom is 0.242 e. The van der Waals surface area contributed by atoms with Gasteiger partial charge in [0.2, 0.25) is 15.9 Å². The lowest BCUT2D eigenvalue weighted by atomic mass is 10.1. The van der Waals surface area contributed by atoms with Crippen molar-refractivity contribution in [1.29, 1.82) is 0 Å². The van der Waals surface area contributed by atoms with Crippen molar-refractivity contribution in [1.82, 2.24) is 4.72 Å². The second kappa shape index (κ2) is 11.0. The van der Waals surface area contributed by atoms with Crippen molar-refractivity contribution in [2.24, 2.45) is 0 Å². The van der Waals surface area contributed by atoms with E-state index in [1.54, 1.807) is 36.0 Å². The minimum absolute atomic E-state index is 0.158. The number of benzene rings is 2.